The van der Waals surface area contributed by atoms with Gasteiger partial charge >= 0.3 is 0 Å². The number of halogens is 1. The molecule has 0 aromatic heterocycles. The third-order valence-electron chi connectivity index (χ3n) is 3.43. The standard InChI is InChI=1S/C17H12FN3O2/c18-14-4-2-1-3-13(14)15-9-16(23-21-15)17(22)20-12-7-5-11(10-19)6-8-12/h1-8,16H,9H2,(H,20,22)/t16-/m1/s1. The predicted molar refractivity (Wildman–Crippen MR) is 82.2 cm³/mol. The van der Waals surface area contributed by atoms with Gasteiger partial charge in [-0.25, -0.2) is 4.39 Å². The van der Waals surface area contributed by atoms with Gasteiger partial charge in [0.05, 0.1) is 17.3 Å². The zero-order valence-corrected chi connectivity index (χ0v) is 12.0. The highest BCUT2D eigenvalue weighted by Crippen LogP contribution is 2.20. The first kappa shape index (κ1) is 14.7. The van der Waals surface area contributed by atoms with Gasteiger partial charge in [-0.15, -0.1) is 0 Å². The fourth-order valence-electron chi connectivity index (χ4n) is 2.22. The van der Waals surface area contributed by atoms with Crippen LogP contribution in [0.5, 0.6) is 0 Å². The van der Waals surface area contributed by atoms with Crippen molar-refractivity contribution >= 4 is 17.3 Å². The molecule has 2 aromatic carbocycles. The van der Waals surface area contributed by atoms with E-state index in [-0.39, 0.29) is 12.3 Å². The quantitative estimate of drug-likeness (QED) is 0.947. The van der Waals surface area contributed by atoms with Crippen LogP contribution < -0.4 is 5.32 Å². The number of carbonyl (C=O) groups excluding carboxylic acids is 1. The summed E-state index contributed by atoms with van der Waals surface area (Å²) in [5.74, 6) is -0.771. The van der Waals surface area contributed by atoms with E-state index in [0.29, 0.717) is 22.5 Å². The Labute approximate surface area is 132 Å². The maximum atomic E-state index is 13.7. The summed E-state index contributed by atoms with van der Waals surface area (Å²) in [6.45, 7) is 0. The molecule has 0 aliphatic carbocycles. The van der Waals surface area contributed by atoms with Crippen LogP contribution in [0.3, 0.4) is 0 Å². The number of nitrogens with one attached hydrogen (secondary N) is 1. The van der Waals surface area contributed by atoms with E-state index < -0.39 is 11.9 Å². The largest absolute Gasteiger partial charge is 0.382 e. The van der Waals surface area contributed by atoms with Gasteiger partial charge in [-0.1, -0.05) is 23.4 Å². The van der Waals surface area contributed by atoms with E-state index in [1.54, 1.807) is 42.5 Å². The van der Waals surface area contributed by atoms with Gasteiger partial charge < -0.3 is 10.2 Å². The zero-order valence-electron chi connectivity index (χ0n) is 12.0. The van der Waals surface area contributed by atoms with E-state index >= 15 is 0 Å². The average Bonchev–Trinajstić information content (AvgIpc) is 3.06. The van der Waals surface area contributed by atoms with Crippen LogP contribution in [0.1, 0.15) is 17.5 Å². The molecule has 0 bridgehead atoms. The van der Waals surface area contributed by atoms with Crippen molar-refractivity contribution in [3.8, 4) is 6.07 Å². The molecule has 0 spiro atoms. The molecular formula is C17H12FN3O2. The van der Waals surface area contributed by atoms with Crippen molar-refractivity contribution in [3.63, 3.8) is 0 Å². The molecule has 0 saturated carbocycles. The molecular weight excluding hydrogens is 297 g/mol. The summed E-state index contributed by atoms with van der Waals surface area (Å²) in [6.07, 6.45) is -0.608. The molecule has 5 nitrogen and oxygen atoms in total. The smallest absolute Gasteiger partial charge is 0.268 e. The SMILES string of the molecule is N#Cc1ccc(NC(=O)[C@H]2CC(c3ccccc3F)=NO2)cc1. The first-order chi connectivity index (χ1) is 11.2. The number of amides is 1. The van der Waals surface area contributed by atoms with Crippen LogP contribution in [0.4, 0.5) is 10.1 Å². The van der Waals surface area contributed by atoms with Crippen LogP contribution in [-0.4, -0.2) is 17.7 Å². The molecule has 1 aliphatic rings. The molecule has 6 heteroatoms. The molecule has 1 aliphatic heterocycles. The normalized spacial score (nSPS) is 16.2. The minimum atomic E-state index is -0.805. The minimum Gasteiger partial charge on any atom is -0.382 e. The molecule has 1 amide bonds. The first-order valence-corrected chi connectivity index (χ1v) is 6.96. The van der Waals surface area contributed by atoms with Crippen LogP contribution in [0.15, 0.2) is 53.7 Å². The zero-order chi connectivity index (χ0) is 16.2. The number of nitrogens with zero attached hydrogens (tertiary/aromatic N) is 2. The fraction of sp³-hybridized carbons (Fsp3) is 0.118. The van der Waals surface area contributed by atoms with Crippen molar-refractivity contribution in [2.75, 3.05) is 5.32 Å². The molecule has 114 valence electrons. The third kappa shape index (κ3) is 3.19. The van der Waals surface area contributed by atoms with Crippen LogP contribution in [0.2, 0.25) is 0 Å². The lowest BCUT2D eigenvalue weighted by Gasteiger charge is -2.09. The highest BCUT2D eigenvalue weighted by Gasteiger charge is 2.29. The van der Waals surface area contributed by atoms with Gasteiger partial charge in [-0.05, 0) is 30.3 Å². The molecule has 0 fully saturated rings. The summed E-state index contributed by atoms with van der Waals surface area (Å²) in [7, 11) is 0. The summed E-state index contributed by atoms with van der Waals surface area (Å²) in [4.78, 5) is 17.3. The summed E-state index contributed by atoms with van der Waals surface area (Å²) in [5.41, 5.74) is 1.80. The van der Waals surface area contributed by atoms with Gasteiger partial charge in [-0.3, -0.25) is 4.79 Å². The van der Waals surface area contributed by atoms with Gasteiger partial charge in [0.15, 0.2) is 0 Å². The lowest BCUT2D eigenvalue weighted by molar-refractivity contribution is -0.125. The number of hydrogen-bond donors (Lipinski definition) is 1. The van der Waals surface area contributed by atoms with Crippen LogP contribution >= 0.6 is 0 Å². The number of hydrogen-bond acceptors (Lipinski definition) is 4. The van der Waals surface area contributed by atoms with E-state index in [2.05, 4.69) is 10.5 Å². The van der Waals surface area contributed by atoms with Crippen molar-refractivity contribution in [1.29, 1.82) is 5.26 Å². The monoisotopic (exact) mass is 309 g/mol. The number of benzene rings is 2. The molecule has 2 aromatic rings. The van der Waals surface area contributed by atoms with Crippen molar-refractivity contribution in [2.24, 2.45) is 5.16 Å². The molecule has 0 saturated heterocycles. The van der Waals surface area contributed by atoms with E-state index in [4.69, 9.17) is 10.1 Å². The Morgan fingerprint density at radius 3 is 2.70 bits per heavy atom. The second-order valence-electron chi connectivity index (χ2n) is 4.99. The number of oxime groups is 1. The van der Waals surface area contributed by atoms with E-state index in [1.165, 1.54) is 6.07 Å². The first-order valence-electron chi connectivity index (χ1n) is 6.96. The molecule has 1 heterocycles. The number of carbonyl (C=O) groups is 1. The molecule has 1 N–H and O–H groups in total. The van der Waals surface area contributed by atoms with Gasteiger partial charge in [0.2, 0.25) is 6.10 Å². The Bertz CT molecular complexity index is 809. The van der Waals surface area contributed by atoms with Crippen molar-refractivity contribution in [3.05, 3.63) is 65.5 Å². The summed E-state index contributed by atoms with van der Waals surface area (Å²) >= 11 is 0. The Morgan fingerprint density at radius 2 is 2.00 bits per heavy atom. The van der Waals surface area contributed by atoms with Crippen molar-refractivity contribution < 1.29 is 14.0 Å². The topological polar surface area (TPSA) is 74.5 Å². The van der Waals surface area contributed by atoms with Crippen molar-refractivity contribution in [2.45, 2.75) is 12.5 Å². The highest BCUT2D eigenvalue weighted by molar-refractivity contribution is 6.06. The molecule has 23 heavy (non-hydrogen) atoms. The fourth-order valence-corrected chi connectivity index (χ4v) is 2.22. The van der Waals surface area contributed by atoms with Gasteiger partial charge in [0.25, 0.3) is 5.91 Å². The Morgan fingerprint density at radius 1 is 1.26 bits per heavy atom. The number of rotatable bonds is 3. The molecule has 3 rings (SSSR count). The maximum Gasteiger partial charge on any atom is 0.268 e. The maximum absolute atomic E-state index is 13.7. The Balaban J connectivity index is 1.64. The van der Waals surface area contributed by atoms with E-state index in [9.17, 15) is 9.18 Å². The van der Waals surface area contributed by atoms with Gasteiger partial charge in [0, 0.05) is 17.7 Å². The van der Waals surface area contributed by atoms with E-state index in [0.717, 1.165) is 0 Å². The molecule has 0 unspecified atom stereocenters. The summed E-state index contributed by atoms with van der Waals surface area (Å²) in [5, 5.41) is 15.2. The van der Waals surface area contributed by atoms with Crippen LogP contribution in [0, 0.1) is 17.1 Å². The third-order valence-corrected chi connectivity index (χ3v) is 3.43. The lowest BCUT2D eigenvalue weighted by atomic mass is 10.0. The number of anilines is 1. The van der Waals surface area contributed by atoms with Crippen LogP contribution in [-0.2, 0) is 9.63 Å². The van der Waals surface area contributed by atoms with Gasteiger partial charge in [0.1, 0.15) is 5.82 Å². The van der Waals surface area contributed by atoms with Crippen LogP contribution in [0.25, 0.3) is 0 Å². The number of nitriles is 1. The second-order valence-corrected chi connectivity index (χ2v) is 4.99. The van der Waals surface area contributed by atoms with E-state index in [1.807, 2.05) is 6.07 Å². The Hall–Kier alpha value is -3.20. The van der Waals surface area contributed by atoms with Gasteiger partial charge in [-0.2, -0.15) is 5.26 Å². The highest BCUT2D eigenvalue weighted by atomic mass is 19.1. The van der Waals surface area contributed by atoms with Crippen molar-refractivity contribution in [1.82, 2.24) is 0 Å². The lowest BCUT2D eigenvalue weighted by Crippen LogP contribution is -2.28. The Kier molecular flexibility index (Phi) is 4.02. The second kappa shape index (κ2) is 6.28. The molecule has 0 radical (unpaired) electrons. The predicted octanol–water partition coefficient (Wildman–Crippen LogP) is 2.83. The minimum absolute atomic E-state index is 0.197. The molecule has 1 atom stereocenters. The summed E-state index contributed by atoms with van der Waals surface area (Å²) in [6, 6.07) is 14.7. The summed E-state index contributed by atoms with van der Waals surface area (Å²) < 4.78 is 13.7. The average molecular weight is 309 g/mol.